The number of fused-ring (bicyclic) bond motifs is 1. The van der Waals surface area contributed by atoms with E-state index < -0.39 is 53.4 Å². The summed E-state index contributed by atoms with van der Waals surface area (Å²) >= 11 is 8.89. The summed E-state index contributed by atoms with van der Waals surface area (Å²) < 4.78 is 16.9. The average Bonchev–Trinajstić information content (AvgIpc) is 3.90. The van der Waals surface area contributed by atoms with Crippen molar-refractivity contribution in [3.63, 3.8) is 0 Å². The molecule has 9 rings (SSSR count). The Hall–Kier alpha value is -7.72. The van der Waals surface area contributed by atoms with Crippen molar-refractivity contribution in [1.82, 2.24) is 15.2 Å². The number of oxime groups is 1. The van der Waals surface area contributed by atoms with Crippen molar-refractivity contribution in [2.24, 2.45) is 5.16 Å². The zero-order valence-electron chi connectivity index (χ0n) is 38.2. The molecule has 0 saturated carbocycles. The van der Waals surface area contributed by atoms with E-state index in [1.165, 1.54) is 28.0 Å². The first-order valence-electron chi connectivity index (χ1n) is 22.5. The lowest BCUT2D eigenvalue weighted by Gasteiger charge is -2.49. The van der Waals surface area contributed by atoms with Crippen LogP contribution in [0.25, 0.3) is 0 Å². The molecule has 16 heteroatoms. The number of benzene rings is 6. The van der Waals surface area contributed by atoms with Crippen molar-refractivity contribution in [2.45, 2.75) is 29.7 Å². The van der Waals surface area contributed by atoms with Gasteiger partial charge in [0, 0.05) is 17.0 Å². The first-order chi connectivity index (χ1) is 34.8. The fourth-order valence-corrected chi connectivity index (χ4v) is 10.8. The predicted molar refractivity (Wildman–Crippen MR) is 274 cm³/mol. The van der Waals surface area contributed by atoms with E-state index in [1.807, 2.05) is 152 Å². The second-order valence-electron chi connectivity index (χ2n) is 16.3. The highest BCUT2D eigenvalue weighted by Crippen LogP contribution is 2.43. The number of anilines is 1. The number of hydrogen-bond donors (Lipinski definition) is 2. The van der Waals surface area contributed by atoms with Crippen LogP contribution in [0.15, 0.2) is 198 Å². The summed E-state index contributed by atoms with van der Waals surface area (Å²) in [6.07, 6.45) is -0.745. The predicted octanol–water partition coefficient (Wildman–Crippen LogP) is 9.25. The Morgan fingerprint density at radius 3 is 1.87 bits per heavy atom. The summed E-state index contributed by atoms with van der Waals surface area (Å²) in [5.41, 5.74) is 4.42. The Kier molecular flexibility index (Phi) is 15.2. The highest BCUT2D eigenvalue weighted by atomic mass is 35.5. The Bertz CT molecular complexity index is 2900. The Morgan fingerprint density at radius 2 is 1.34 bits per heavy atom. The first-order valence-corrected chi connectivity index (χ1v) is 25.0. The fraction of sp³-hybridized carbons (Fsp3) is 0.164. The van der Waals surface area contributed by atoms with Gasteiger partial charge in [-0.3, -0.25) is 14.5 Å². The molecule has 7 aromatic rings. The van der Waals surface area contributed by atoms with Gasteiger partial charge in [-0.1, -0.05) is 169 Å². The van der Waals surface area contributed by atoms with Gasteiger partial charge in [0.15, 0.2) is 16.9 Å². The van der Waals surface area contributed by atoms with Gasteiger partial charge in [-0.15, -0.1) is 34.7 Å². The molecule has 2 amide bonds. The number of nitrogens with one attached hydrogen (secondary N) is 2. The molecule has 2 atom stereocenters. The van der Waals surface area contributed by atoms with Crippen molar-refractivity contribution in [2.75, 3.05) is 30.7 Å². The minimum Gasteiger partial charge on any atom is -0.497 e. The van der Waals surface area contributed by atoms with Crippen molar-refractivity contribution >= 4 is 69.3 Å². The Balaban J connectivity index is 0.995. The van der Waals surface area contributed by atoms with Crippen molar-refractivity contribution in [3.05, 3.63) is 232 Å². The highest BCUT2D eigenvalue weighted by Gasteiger charge is 2.54. The highest BCUT2D eigenvalue weighted by molar-refractivity contribution is 8.00. The number of esters is 2. The molecular weight excluding hydrogens is 958 g/mol. The van der Waals surface area contributed by atoms with Crippen LogP contribution in [-0.2, 0) is 45.6 Å². The zero-order chi connectivity index (χ0) is 49.2. The van der Waals surface area contributed by atoms with E-state index in [-0.39, 0.29) is 29.6 Å². The quantitative estimate of drug-likeness (QED) is 0.0199. The largest absolute Gasteiger partial charge is 0.497 e. The summed E-state index contributed by atoms with van der Waals surface area (Å²) in [7, 11) is 1.56. The number of β-lactam (4-membered cyclic amide) rings is 1. The molecule has 2 aliphatic rings. The lowest BCUT2D eigenvalue weighted by molar-refractivity contribution is -0.153. The van der Waals surface area contributed by atoms with E-state index in [2.05, 4.69) is 15.8 Å². The summed E-state index contributed by atoms with van der Waals surface area (Å²) in [6, 6.07) is 54.5. The number of thioether (sulfide) groups is 1. The number of ether oxygens (including phenoxy) is 3. The van der Waals surface area contributed by atoms with Gasteiger partial charge in [0.05, 0.1) is 7.11 Å². The maximum absolute atomic E-state index is 14.6. The number of aromatic nitrogens is 1. The lowest BCUT2D eigenvalue weighted by atomic mass is 9.77. The number of nitrogens with zero attached hydrogens (tertiary/aromatic N) is 3. The molecule has 1 aromatic heterocycles. The number of rotatable bonds is 19. The number of carbonyl (C=O) groups is 4. The first kappa shape index (κ1) is 48.3. The average molecular weight is 1000 g/mol. The number of amides is 2. The molecule has 0 spiro atoms. The number of halogens is 1. The number of alkyl halides is 1. The molecule has 3 heterocycles. The molecule has 1 saturated heterocycles. The van der Waals surface area contributed by atoms with Crippen LogP contribution >= 0.6 is 34.7 Å². The van der Waals surface area contributed by atoms with Gasteiger partial charge in [0.2, 0.25) is 6.61 Å². The summed E-state index contributed by atoms with van der Waals surface area (Å²) in [5, 5.41) is 12.2. The molecule has 0 radical (unpaired) electrons. The van der Waals surface area contributed by atoms with E-state index in [1.54, 1.807) is 36.8 Å². The molecule has 71 heavy (non-hydrogen) atoms. The molecule has 13 nitrogen and oxygen atoms in total. The maximum atomic E-state index is 14.6. The normalized spacial score (nSPS) is 15.6. The maximum Gasteiger partial charge on any atom is 0.355 e. The minimum absolute atomic E-state index is 0.0121. The summed E-state index contributed by atoms with van der Waals surface area (Å²) in [6.45, 7) is -0.716. The van der Waals surface area contributed by atoms with Crippen LogP contribution in [0.1, 0.15) is 45.2 Å². The van der Waals surface area contributed by atoms with Gasteiger partial charge in [-0.25, -0.2) is 14.6 Å². The number of hydrogen-bond acceptors (Lipinski definition) is 13. The zero-order valence-corrected chi connectivity index (χ0v) is 40.6. The third-order valence-electron chi connectivity index (χ3n) is 11.9. The third kappa shape index (κ3) is 10.6. The van der Waals surface area contributed by atoms with Crippen LogP contribution in [0.2, 0.25) is 0 Å². The van der Waals surface area contributed by atoms with Gasteiger partial charge in [-0.2, -0.15) is 0 Å². The van der Waals surface area contributed by atoms with Crippen LogP contribution in [0.3, 0.4) is 0 Å². The third-order valence-corrected chi connectivity index (χ3v) is 14.3. The second-order valence-corrected chi connectivity index (χ2v) is 18.5. The fourth-order valence-electron chi connectivity index (χ4n) is 8.41. The van der Waals surface area contributed by atoms with Crippen LogP contribution in [0.4, 0.5) is 5.13 Å². The topological polar surface area (TPSA) is 158 Å². The molecule has 1 fully saturated rings. The van der Waals surface area contributed by atoms with Gasteiger partial charge >= 0.3 is 11.9 Å². The van der Waals surface area contributed by atoms with Crippen LogP contribution in [0.5, 0.6) is 5.75 Å². The summed E-state index contributed by atoms with van der Waals surface area (Å²) in [5.74, 6) is -1.88. The molecule has 0 bridgehead atoms. The van der Waals surface area contributed by atoms with E-state index in [9.17, 15) is 19.2 Å². The minimum atomic E-state index is -1.08. The SMILES string of the molecule is COc1ccc(COC(=O)C2=C(CCl)CS[C@@H]3C(NC(=O)/C(=N\OCC(=O)OC(c4ccccc4)c4ccccc4)c4csc(NC(c5ccccc5)(c5ccccc5)c5ccccc5)n4)C(=O)N23)cc1. The Morgan fingerprint density at radius 1 is 0.789 bits per heavy atom. The van der Waals surface area contributed by atoms with E-state index in [4.69, 9.17) is 35.6 Å². The molecule has 2 N–H and O–H groups in total. The van der Waals surface area contributed by atoms with E-state index in [0.717, 1.165) is 33.4 Å². The molecule has 6 aromatic carbocycles. The number of thiazole rings is 1. The molecule has 358 valence electrons. The molecule has 1 unspecified atom stereocenters. The number of methoxy groups -OCH3 is 1. The van der Waals surface area contributed by atoms with Gasteiger partial charge in [0.25, 0.3) is 11.8 Å². The van der Waals surface area contributed by atoms with Crippen molar-refractivity contribution < 1.29 is 38.2 Å². The smallest absolute Gasteiger partial charge is 0.355 e. The second kappa shape index (κ2) is 22.4. The van der Waals surface area contributed by atoms with Crippen molar-refractivity contribution in [1.29, 1.82) is 0 Å². The molecule has 0 aliphatic carbocycles. The monoisotopic (exact) mass is 1000 g/mol. The van der Waals surface area contributed by atoms with Gasteiger partial charge < -0.3 is 29.7 Å². The molecular formula is C55H46ClN5O8S2. The van der Waals surface area contributed by atoms with Crippen molar-refractivity contribution in [3.8, 4) is 5.75 Å². The lowest BCUT2D eigenvalue weighted by Crippen LogP contribution is -2.71. The van der Waals surface area contributed by atoms with Crippen LogP contribution < -0.4 is 15.4 Å². The van der Waals surface area contributed by atoms with E-state index in [0.29, 0.717) is 22.2 Å². The Labute approximate surface area is 423 Å². The summed E-state index contributed by atoms with van der Waals surface area (Å²) in [4.78, 5) is 67.7. The van der Waals surface area contributed by atoms with Crippen LogP contribution in [0, 0.1) is 0 Å². The standard InChI is InChI=1S/C55H46ClN5O8S2/c1-66-43-29-27-36(28-30-43)32-67-53(65)48-39(31-56)34-70-52-47(51(64)61(48)52)58-50(63)46(60-68-33-45(62)69-49(37-17-7-2-8-18-37)38-19-9-3-10-20-38)44-35-71-54(57-44)59-55(40-21-11-4-12-22-40,41-23-13-5-14-24-41)42-25-15-6-16-26-42/h2-30,35,47,49,52H,31-34H2,1H3,(H,57,59)(H,58,63)/b60-46-/t47?,52-/m1/s1. The van der Waals surface area contributed by atoms with Gasteiger partial charge in [0.1, 0.15) is 40.7 Å². The van der Waals surface area contributed by atoms with Gasteiger partial charge in [-0.05, 0) is 51.1 Å². The molecule has 2 aliphatic heterocycles. The van der Waals surface area contributed by atoms with E-state index >= 15 is 0 Å². The van der Waals surface area contributed by atoms with Crippen LogP contribution in [-0.4, -0.2) is 76.1 Å². The number of carbonyl (C=O) groups excluding carboxylic acids is 4.